The first-order valence-corrected chi connectivity index (χ1v) is 12.5. The highest BCUT2D eigenvalue weighted by atomic mass is 32.1. The lowest BCUT2D eigenvalue weighted by Crippen LogP contribution is -2.39. The van der Waals surface area contributed by atoms with Gasteiger partial charge in [-0.2, -0.15) is 0 Å². The number of thiazole rings is 1. The topological polar surface area (TPSA) is 51.7 Å². The van der Waals surface area contributed by atoms with Crippen LogP contribution in [0.3, 0.4) is 0 Å². The molecule has 0 aliphatic carbocycles. The van der Waals surface area contributed by atoms with Crippen molar-refractivity contribution in [1.29, 1.82) is 0 Å². The lowest BCUT2D eigenvalue weighted by Gasteiger charge is -2.31. The van der Waals surface area contributed by atoms with Gasteiger partial charge in [0.25, 0.3) is 0 Å². The summed E-state index contributed by atoms with van der Waals surface area (Å²) >= 11 is 1.51. The van der Waals surface area contributed by atoms with Crippen LogP contribution < -0.4 is 4.74 Å². The molecule has 176 valence electrons. The van der Waals surface area contributed by atoms with E-state index < -0.39 is 0 Å². The van der Waals surface area contributed by atoms with E-state index in [1.165, 1.54) is 22.5 Å². The molecule has 0 saturated carbocycles. The molecule has 0 unspecified atom stereocenters. The van der Waals surface area contributed by atoms with Crippen LogP contribution in [0.4, 0.5) is 4.79 Å². The van der Waals surface area contributed by atoms with E-state index in [4.69, 9.17) is 9.47 Å². The van der Waals surface area contributed by atoms with Crippen molar-refractivity contribution >= 4 is 17.4 Å². The van der Waals surface area contributed by atoms with Crippen LogP contribution in [0.15, 0.2) is 29.1 Å². The molecule has 0 atom stereocenters. The van der Waals surface area contributed by atoms with Gasteiger partial charge in [-0.1, -0.05) is 47.6 Å². The first-order valence-electron chi connectivity index (χ1n) is 11.6. The second-order valence-electron chi connectivity index (χ2n) is 10.8. The minimum Gasteiger partial charge on any atom is -0.494 e. The van der Waals surface area contributed by atoms with Gasteiger partial charge in [0.15, 0.2) is 0 Å². The number of carbonyl (C=O) groups is 1. The summed E-state index contributed by atoms with van der Waals surface area (Å²) < 4.78 is 11.6. The highest BCUT2D eigenvalue weighted by Gasteiger charge is 2.24. The summed E-state index contributed by atoms with van der Waals surface area (Å²) in [5.74, 6) is 1.54. The minimum atomic E-state index is -0.235. The van der Waals surface area contributed by atoms with Gasteiger partial charge in [0.2, 0.25) is 0 Å². The Bertz CT molecular complexity index is 841. The number of amides is 1. The number of aromatic nitrogens is 1. The Morgan fingerprint density at radius 1 is 1.06 bits per heavy atom. The van der Waals surface area contributed by atoms with Gasteiger partial charge in [-0.25, -0.2) is 9.78 Å². The van der Waals surface area contributed by atoms with E-state index in [1.54, 1.807) is 5.51 Å². The van der Waals surface area contributed by atoms with Gasteiger partial charge >= 0.3 is 6.09 Å². The van der Waals surface area contributed by atoms with E-state index in [0.717, 1.165) is 43.8 Å². The van der Waals surface area contributed by atoms with Crippen molar-refractivity contribution in [3.63, 3.8) is 0 Å². The second-order valence-corrected chi connectivity index (χ2v) is 11.6. The van der Waals surface area contributed by atoms with Crippen molar-refractivity contribution in [2.75, 3.05) is 19.7 Å². The maximum absolute atomic E-state index is 12.3. The van der Waals surface area contributed by atoms with E-state index >= 15 is 0 Å². The van der Waals surface area contributed by atoms with Gasteiger partial charge in [0.1, 0.15) is 12.4 Å². The van der Waals surface area contributed by atoms with Crippen LogP contribution in [-0.4, -0.2) is 35.7 Å². The molecule has 32 heavy (non-hydrogen) atoms. The molecule has 0 radical (unpaired) electrons. The van der Waals surface area contributed by atoms with E-state index in [2.05, 4.69) is 64.7 Å². The van der Waals surface area contributed by atoms with Crippen LogP contribution in [0.2, 0.25) is 0 Å². The van der Waals surface area contributed by atoms with Gasteiger partial charge in [-0.3, -0.25) is 0 Å². The minimum absolute atomic E-state index is 0.0836. The van der Waals surface area contributed by atoms with Gasteiger partial charge in [-0.15, -0.1) is 11.3 Å². The zero-order valence-corrected chi connectivity index (χ0v) is 21.3. The van der Waals surface area contributed by atoms with Gasteiger partial charge in [0.05, 0.1) is 17.8 Å². The monoisotopic (exact) mass is 458 g/mol. The number of carbonyl (C=O) groups excluding carboxylic acids is 1. The molecule has 3 rings (SSSR count). The fourth-order valence-corrected chi connectivity index (χ4v) is 4.37. The van der Waals surface area contributed by atoms with Crippen molar-refractivity contribution in [2.24, 2.45) is 5.92 Å². The number of piperidine rings is 1. The number of likely N-dealkylation sites (tertiary alicyclic amines) is 1. The quantitative estimate of drug-likeness (QED) is 0.492. The summed E-state index contributed by atoms with van der Waals surface area (Å²) in [5.41, 5.74) is 5.34. The maximum Gasteiger partial charge on any atom is 0.410 e. The molecule has 1 aliphatic rings. The number of nitrogens with zero attached hydrogens (tertiary/aromatic N) is 2. The maximum atomic E-state index is 12.3. The zero-order valence-electron chi connectivity index (χ0n) is 20.4. The number of rotatable bonds is 6. The molecule has 0 spiro atoms. The first kappa shape index (κ1) is 24.6. The molecule has 1 aromatic heterocycles. The van der Waals surface area contributed by atoms with Gasteiger partial charge in [-0.05, 0) is 59.3 Å². The lowest BCUT2D eigenvalue weighted by atomic mass is 9.80. The van der Waals surface area contributed by atoms with Gasteiger partial charge in [0, 0.05) is 18.5 Å². The number of hydrogen-bond donors (Lipinski definition) is 0. The Labute approximate surface area is 197 Å². The Morgan fingerprint density at radius 2 is 1.69 bits per heavy atom. The fourth-order valence-electron chi connectivity index (χ4n) is 3.83. The fraction of sp³-hybridized carbons (Fsp3) is 0.615. The molecule has 6 heteroatoms. The van der Waals surface area contributed by atoms with Crippen LogP contribution in [0.1, 0.15) is 77.6 Å². The van der Waals surface area contributed by atoms with Crippen molar-refractivity contribution in [1.82, 2.24) is 9.88 Å². The molecule has 0 N–H and O–H groups in total. The van der Waals surface area contributed by atoms with E-state index in [0.29, 0.717) is 12.5 Å². The molecule has 1 saturated heterocycles. The predicted molar refractivity (Wildman–Crippen MR) is 131 cm³/mol. The molecular formula is C26H38N2O3S. The summed E-state index contributed by atoms with van der Waals surface area (Å²) in [6.45, 7) is 15.9. The van der Waals surface area contributed by atoms with Crippen molar-refractivity contribution in [2.45, 2.75) is 78.2 Å². The third-order valence-electron chi connectivity index (χ3n) is 6.13. The third kappa shape index (κ3) is 6.96. The van der Waals surface area contributed by atoms with Crippen LogP contribution in [0.25, 0.3) is 0 Å². The second kappa shape index (κ2) is 10.2. The highest BCUT2D eigenvalue weighted by molar-refractivity contribution is 7.07. The molecule has 2 heterocycles. The molecule has 1 amide bonds. The normalized spacial score (nSPS) is 15.6. The Hall–Kier alpha value is -2.08. The number of ether oxygens (including phenoxy) is 2. The Balaban J connectivity index is 1.46. The average Bonchev–Trinajstić information content (AvgIpc) is 3.25. The van der Waals surface area contributed by atoms with E-state index in [-0.39, 0.29) is 23.5 Å². The summed E-state index contributed by atoms with van der Waals surface area (Å²) in [6.07, 6.45) is 2.75. The molecule has 0 bridgehead atoms. The van der Waals surface area contributed by atoms with Crippen LogP contribution in [-0.2, 0) is 22.2 Å². The number of hydrogen-bond acceptors (Lipinski definition) is 5. The molecule has 5 nitrogen and oxygen atoms in total. The van der Waals surface area contributed by atoms with Crippen molar-refractivity contribution < 1.29 is 14.3 Å². The molecule has 2 aromatic rings. The standard InChI is InChI=1S/C26H38N2O3S/c1-25(2,3)20-13-21(26(4,5)6)15-23(14-20)30-12-9-19-7-10-28(11-8-19)24(29)31-16-22-17-32-18-27-22/h13-15,17-19H,7-12,16H2,1-6H3. The van der Waals surface area contributed by atoms with Crippen molar-refractivity contribution in [3.8, 4) is 5.75 Å². The Kier molecular flexibility index (Phi) is 7.86. The summed E-state index contributed by atoms with van der Waals surface area (Å²) in [5, 5.41) is 1.90. The predicted octanol–water partition coefficient (Wildman–Crippen LogP) is 6.56. The third-order valence-corrected chi connectivity index (χ3v) is 6.77. The SMILES string of the molecule is CC(C)(C)c1cc(OCCC2CCN(C(=O)OCc3cscn3)CC2)cc(C(C)(C)C)c1. The van der Waals surface area contributed by atoms with Crippen molar-refractivity contribution in [3.05, 3.63) is 45.9 Å². The average molecular weight is 459 g/mol. The molecule has 1 fully saturated rings. The molecule has 1 aliphatic heterocycles. The highest BCUT2D eigenvalue weighted by Crippen LogP contribution is 2.33. The Morgan fingerprint density at radius 3 is 2.22 bits per heavy atom. The summed E-state index contributed by atoms with van der Waals surface area (Å²) in [6, 6.07) is 6.70. The lowest BCUT2D eigenvalue weighted by molar-refractivity contribution is 0.0792. The van der Waals surface area contributed by atoms with E-state index in [9.17, 15) is 4.79 Å². The molecule has 1 aromatic carbocycles. The van der Waals surface area contributed by atoms with Crippen LogP contribution in [0, 0.1) is 5.92 Å². The first-order chi connectivity index (χ1) is 15.0. The van der Waals surface area contributed by atoms with Gasteiger partial charge < -0.3 is 14.4 Å². The van der Waals surface area contributed by atoms with E-state index in [1.807, 2.05) is 10.3 Å². The summed E-state index contributed by atoms with van der Waals surface area (Å²) in [4.78, 5) is 18.2. The summed E-state index contributed by atoms with van der Waals surface area (Å²) in [7, 11) is 0. The zero-order chi connectivity index (χ0) is 23.4. The number of benzene rings is 1. The van der Waals surface area contributed by atoms with Crippen LogP contribution in [0.5, 0.6) is 5.75 Å². The largest absolute Gasteiger partial charge is 0.494 e. The smallest absolute Gasteiger partial charge is 0.410 e. The van der Waals surface area contributed by atoms with Crippen LogP contribution >= 0.6 is 11.3 Å². The molecular weight excluding hydrogens is 420 g/mol.